The van der Waals surface area contributed by atoms with Gasteiger partial charge >= 0.3 is 7.82 Å². The fourth-order valence-electron chi connectivity index (χ4n) is 3.82. The molecule has 0 amide bonds. The lowest BCUT2D eigenvalue weighted by Crippen LogP contribution is -2.35. The number of aryl methyl sites for hydroxylation is 1. The highest BCUT2D eigenvalue weighted by molar-refractivity contribution is 7.48. The van der Waals surface area contributed by atoms with Crippen molar-refractivity contribution in [2.24, 2.45) is 4.99 Å². The van der Waals surface area contributed by atoms with Gasteiger partial charge in [0.25, 0.3) is 0 Å². The second-order valence-electron chi connectivity index (χ2n) is 8.41. The number of phosphoric acid groups is 1. The fraction of sp³-hybridized carbons (Fsp3) is 0.500. The molecule has 8 nitrogen and oxygen atoms in total. The minimum absolute atomic E-state index is 0.0643. The molecule has 36 heavy (non-hydrogen) atoms. The highest BCUT2D eigenvalue weighted by Crippen LogP contribution is 2.50. The number of aliphatic imine (C=N–C) groups is 1. The number of ether oxygens (including phenoxy) is 3. The van der Waals surface area contributed by atoms with Crippen molar-refractivity contribution < 1.29 is 36.7 Å². The van der Waals surface area contributed by atoms with E-state index in [-0.39, 0.29) is 31.4 Å². The molecule has 0 aliphatic carbocycles. The van der Waals surface area contributed by atoms with Gasteiger partial charge in [-0.3, -0.25) is 13.6 Å². The summed E-state index contributed by atoms with van der Waals surface area (Å²) in [5, 5.41) is 0. The van der Waals surface area contributed by atoms with Crippen LogP contribution in [0, 0.1) is 5.82 Å². The molecule has 2 aromatic rings. The maximum Gasteiger partial charge on any atom is 0.474 e. The van der Waals surface area contributed by atoms with Crippen molar-refractivity contribution in [3.05, 3.63) is 59.4 Å². The molecule has 2 aromatic carbocycles. The molecule has 1 aliphatic rings. The summed E-state index contributed by atoms with van der Waals surface area (Å²) in [5.41, 5.74) is 1.26. The zero-order valence-corrected chi connectivity index (χ0v) is 22.2. The molecule has 10 heteroatoms. The second-order valence-corrected chi connectivity index (χ2v) is 10.1. The lowest BCUT2D eigenvalue weighted by molar-refractivity contribution is 0.0886. The first kappa shape index (κ1) is 28.1. The normalized spacial score (nSPS) is 17.5. The van der Waals surface area contributed by atoms with E-state index in [0.29, 0.717) is 38.4 Å². The van der Waals surface area contributed by atoms with E-state index in [0.717, 1.165) is 16.9 Å². The smallest absolute Gasteiger partial charge is 0.474 e. The number of halogens is 1. The molecule has 0 aromatic heterocycles. The highest BCUT2D eigenvalue weighted by atomic mass is 31.2. The van der Waals surface area contributed by atoms with E-state index < -0.39 is 13.4 Å². The summed E-state index contributed by atoms with van der Waals surface area (Å²) in [6, 6.07) is 12.7. The number of nitrogens with zero attached hydrogens (tertiary/aromatic N) is 1. The third kappa shape index (κ3) is 8.03. The van der Waals surface area contributed by atoms with Crippen LogP contribution in [0.3, 0.4) is 0 Å². The van der Waals surface area contributed by atoms with Crippen LogP contribution >= 0.6 is 7.82 Å². The summed E-state index contributed by atoms with van der Waals surface area (Å²) in [6.45, 7) is 6.52. The molecule has 1 unspecified atom stereocenters. The van der Waals surface area contributed by atoms with E-state index >= 15 is 0 Å². The van der Waals surface area contributed by atoms with Gasteiger partial charge < -0.3 is 14.2 Å². The Bertz CT molecular complexity index is 1050. The molecule has 0 saturated heterocycles. The van der Waals surface area contributed by atoms with E-state index in [9.17, 15) is 8.96 Å². The van der Waals surface area contributed by atoms with Crippen LogP contribution in [0.1, 0.15) is 38.3 Å². The Hall–Kier alpha value is -2.45. The van der Waals surface area contributed by atoms with Crippen LogP contribution in [0.25, 0.3) is 0 Å². The fourth-order valence-corrected chi connectivity index (χ4v) is 5.07. The van der Waals surface area contributed by atoms with Crippen LogP contribution < -0.4 is 9.47 Å². The van der Waals surface area contributed by atoms with Gasteiger partial charge in [-0.2, -0.15) is 0 Å². The third-order valence-corrected chi connectivity index (χ3v) is 7.28. The van der Waals surface area contributed by atoms with Gasteiger partial charge in [0.15, 0.2) is 17.5 Å². The molecular weight excluding hydrogens is 488 g/mol. The van der Waals surface area contributed by atoms with Crippen molar-refractivity contribution >= 4 is 13.7 Å². The van der Waals surface area contributed by atoms with Crippen molar-refractivity contribution in [2.45, 2.75) is 45.6 Å². The number of methoxy groups -OCH3 is 1. The van der Waals surface area contributed by atoms with E-state index in [4.69, 9.17) is 27.8 Å². The van der Waals surface area contributed by atoms with Crippen LogP contribution in [-0.2, 0) is 35.7 Å². The Morgan fingerprint density at radius 3 is 2.31 bits per heavy atom. The van der Waals surface area contributed by atoms with Gasteiger partial charge in [-0.05, 0) is 62.1 Å². The number of hydrogen-bond donors (Lipinski definition) is 0. The molecule has 0 radical (unpaired) electrons. The van der Waals surface area contributed by atoms with Crippen LogP contribution in [-0.4, -0.2) is 51.6 Å². The minimum atomic E-state index is -3.64. The Balaban J connectivity index is 1.53. The third-order valence-electron chi connectivity index (χ3n) is 5.69. The summed E-state index contributed by atoms with van der Waals surface area (Å²) in [6.07, 6.45) is 1.92. The van der Waals surface area contributed by atoms with Gasteiger partial charge in [-0.15, -0.1) is 0 Å². The van der Waals surface area contributed by atoms with Crippen LogP contribution in [0.4, 0.5) is 4.39 Å². The zero-order chi connectivity index (χ0) is 26.0. The van der Waals surface area contributed by atoms with Crippen LogP contribution in [0.2, 0.25) is 0 Å². The number of phosphoric ester groups is 1. The van der Waals surface area contributed by atoms with Crippen molar-refractivity contribution in [1.29, 1.82) is 0 Å². The molecule has 0 saturated carbocycles. The number of rotatable bonds is 15. The predicted molar refractivity (Wildman–Crippen MR) is 136 cm³/mol. The van der Waals surface area contributed by atoms with Crippen LogP contribution in [0.15, 0.2) is 47.5 Å². The van der Waals surface area contributed by atoms with Crippen LogP contribution in [0.5, 0.6) is 11.5 Å². The van der Waals surface area contributed by atoms with Crippen molar-refractivity contribution in [1.82, 2.24) is 0 Å². The zero-order valence-electron chi connectivity index (χ0n) is 21.3. The summed E-state index contributed by atoms with van der Waals surface area (Å²) in [7, 11) is -2.20. The van der Waals surface area contributed by atoms with Gasteiger partial charge in [0, 0.05) is 13.3 Å². The molecule has 198 valence electrons. The first-order valence-electron chi connectivity index (χ1n) is 12.1. The Morgan fingerprint density at radius 2 is 1.72 bits per heavy atom. The van der Waals surface area contributed by atoms with E-state index in [1.54, 1.807) is 26.8 Å². The SMILES string of the molecule is CCOP(=O)(OCC)OCC1(CCc2ccc(OCCc3ccc(OC)c(F)c3)cc2)COC(C)=N1. The highest BCUT2D eigenvalue weighted by Gasteiger charge is 2.39. The quantitative estimate of drug-likeness (QED) is 0.274. The second kappa shape index (κ2) is 13.2. The van der Waals surface area contributed by atoms with Crippen molar-refractivity contribution in [3.8, 4) is 11.5 Å². The maximum atomic E-state index is 13.8. The number of hydrogen-bond acceptors (Lipinski definition) is 8. The first-order chi connectivity index (χ1) is 17.3. The van der Waals surface area contributed by atoms with Gasteiger partial charge in [0.1, 0.15) is 17.9 Å². The summed E-state index contributed by atoms with van der Waals surface area (Å²) in [4.78, 5) is 4.64. The Kier molecular flexibility index (Phi) is 10.3. The summed E-state index contributed by atoms with van der Waals surface area (Å²) >= 11 is 0. The van der Waals surface area contributed by atoms with Gasteiger partial charge in [0.2, 0.25) is 0 Å². The molecule has 0 fully saturated rings. The van der Waals surface area contributed by atoms with E-state index in [1.807, 2.05) is 30.3 Å². The topological polar surface area (TPSA) is 84.8 Å². The summed E-state index contributed by atoms with van der Waals surface area (Å²) < 4.78 is 59.1. The van der Waals surface area contributed by atoms with Gasteiger partial charge in [-0.1, -0.05) is 18.2 Å². The molecule has 1 atom stereocenters. The standard InChI is InChI=1S/C26H35FNO7P/c1-5-33-36(29,34-6-2)35-19-26(18-32-20(3)28-26)15-13-21-7-10-23(11-8-21)31-16-14-22-9-12-25(30-4)24(27)17-22/h7-12,17H,5-6,13-16,18-19H2,1-4H3. The monoisotopic (exact) mass is 523 g/mol. The van der Waals surface area contributed by atoms with Gasteiger partial charge in [0.05, 0.1) is 33.5 Å². The molecule has 3 rings (SSSR count). The number of benzene rings is 2. The molecular formula is C26H35FNO7P. The molecule has 0 spiro atoms. The minimum Gasteiger partial charge on any atom is -0.494 e. The Morgan fingerprint density at radius 1 is 1.03 bits per heavy atom. The first-order valence-corrected chi connectivity index (χ1v) is 13.5. The molecule has 0 N–H and O–H groups in total. The molecule has 1 heterocycles. The van der Waals surface area contributed by atoms with Crippen molar-refractivity contribution in [2.75, 3.05) is 40.1 Å². The van der Waals surface area contributed by atoms with E-state index in [2.05, 4.69) is 4.99 Å². The van der Waals surface area contributed by atoms with Crippen molar-refractivity contribution in [3.63, 3.8) is 0 Å². The summed E-state index contributed by atoms with van der Waals surface area (Å²) in [5.74, 6) is 1.15. The Labute approximate surface area is 212 Å². The lowest BCUT2D eigenvalue weighted by Gasteiger charge is -2.26. The average Bonchev–Trinajstić information content (AvgIpc) is 3.24. The largest absolute Gasteiger partial charge is 0.494 e. The predicted octanol–water partition coefficient (Wildman–Crippen LogP) is 5.77. The molecule has 1 aliphatic heterocycles. The average molecular weight is 524 g/mol. The molecule has 0 bridgehead atoms. The lowest BCUT2D eigenvalue weighted by atomic mass is 9.94. The van der Waals surface area contributed by atoms with Gasteiger partial charge in [-0.25, -0.2) is 13.9 Å². The maximum absolute atomic E-state index is 13.8. The van der Waals surface area contributed by atoms with E-state index in [1.165, 1.54) is 13.2 Å².